The van der Waals surface area contributed by atoms with Crippen LogP contribution in [0.5, 0.6) is 0 Å². The summed E-state index contributed by atoms with van der Waals surface area (Å²) in [4.78, 5) is 24.7. The first-order valence-corrected chi connectivity index (χ1v) is 8.50. The van der Waals surface area contributed by atoms with Crippen molar-refractivity contribution < 1.29 is 19.1 Å². The molecule has 0 amide bonds. The molecule has 24 heavy (non-hydrogen) atoms. The number of nitrogens with zero attached hydrogens (tertiary/aromatic N) is 1. The van der Waals surface area contributed by atoms with Crippen molar-refractivity contribution in [3.05, 3.63) is 58.3 Å². The summed E-state index contributed by atoms with van der Waals surface area (Å²) in [6.07, 6.45) is 3.35. The van der Waals surface area contributed by atoms with Crippen molar-refractivity contribution >= 4 is 33.3 Å². The fourth-order valence-corrected chi connectivity index (χ4v) is 3.91. The number of ketones is 1. The lowest BCUT2D eigenvalue weighted by Crippen LogP contribution is -2.07. The summed E-state index contributed by atoms with van der Waals surface area (Å²) in [7, 11) is 0. The molecule has 0 aliphatic rings. The molecular weight excluding hydrogens is 329 g/mol. The summed E-state index contributed by atoms with van der Waals surface area (Å²) < 4.78 is 14.7. The van der Waals surface area contributed by atoms with Gasteiger partial charge in [-0.1, -0.05) is 13.3 Å². The molecule has 0 unspecified atom stereocenters. The lowest BCUT2D eigenvalue weighted by molar-refractivity contribution is -0.137. The number of halogens is 1. The van der Waals surface area contributed by atoms with E-state index in [2.05, 4.69) is 6.92 Å². The average molecular weight is 345 g/mol. The first-order valence-electron chi connectivity index (χ1n) is 7.62. The molecule has 2 aromatic heterocycles. The van der Waals surface area contributed by atoms with Gasteiger partial charge in [0.15, 0.2) is 5.78 Å². The number of aryl methyl sites for hydroxylation is 1. The molecule has 0 atom stereocenters. The number of carboxylic acid groups (broad SMARTS) is 1. The van der Waals surface area contributed by atoms with Gasteiger partial charge < -0.3 is 9.67 Å². The van der Waals surface area contributed by atoms with Crippen LogP contribution in [0.4, 0.5) is 4.39 Å². The Morgan fingerprint density at radius 3 is 2.58 bits per heavy atom. The van der Waals surface area contributed by atoms with Crippen LogP contribution in [0.3, 0.4) is 0 Å². The highest BCUT2D eigenvalue weighted by atomic mass is 32.1. The van der Waals surface area contributed by atoms with Crippen LogP contribution < -0.4 is 0 Å². The zero-order chi connectivity index (χ0) is 17.3. The molecule has 0 bridgehead atoms. The smallest absolute Gasteiger partial charge is 0.323 e. The molecule has 6 heteroatoms. The molecule has 0 saturated heterocycles. The second kappa shape index (κ2) is 6.57. The molecule has 1 aromatic carbocycles. The molecule has 0 aliphatic carbocycles. The molecule has 124 valence electrons. The number of fused-ring (bicyclic) bond motifs is 1. The van der Waals surface area contributed by atoms with E-state index in [1.165, 1.54) is 35.6 Å². The third kappa shape index (κ3) is 2.97. The van der Waals surface area contributed by atoms with E-state index in [0.717, 1.165) is 28.6 Å². The summed E-state index contributed by atoms with van der Waals surface area (Å²) in [6.45, 7) is 1.86. The fraction of sp³-hybridized carbons (Fsp3) is 0.222. The van der Waals surface area contributed by atoms with Crippen molar-refractivity contribution in [1.29, 1.82) is 0 Å². The van der Waals surface area contributed by atoms with Crippen LogP contribution in [0.2, 0.25) is 0 Å². The van der Waals surface area contributed by atoms with Crippen molar-refractivity contribution in [2.24, 2.45) is 0 Å². The van der Waals surface area contributed by atoms with Crippen molar-refractivity contribution in [3.63, 3.8) is 0 Å². The Morgan fingerprint density at radius 2 is 1.96 bits per heavy atom. The maximum absolute atomic E-state index is 13.1. The number of carboxylic acids is 1. The number of hydrogen-bond acceptors (Lipinski definition) is 3. The van der Waals surface area contributed by atoms with Gasteiger partial charge >= 0.3 is 5.97 Å². The predicted molar refractivity (Wildman–Crippen MR) is 91.3 cm³/mol. The van der Waals surface area contributed by atoms with E-state index in [1.807, 2.05) is 5.38 Å². The maximum Gasteiger partial charge on any atom is 0.323 e. The van der Waals surface area contributed by atoms with Crippen molar-refractivity contribution in [2.45, 2.75) is 26.3 Å². The predicted octanol–water partition coefficient (Wildman–Crippen LogP) is 4.11. The molecule has 0 fully saturated rings. The number of rotatable bonds is 6. The van der Waals surface area contributed by atoms with Crippen LogP contribution in [0.1, 0.15) is 34.8 Å². The maximum atomic E-state index is 13.1. The Balaban J connectivity index is 2.14. The quantitative estimate of drug-likeness (QED) is 0.684. The van der Waals surface area contributed by atoms with Crippen LogP contribution in [-0.4, -0.2) is 21.4 Å². The minimum absolute atomic E-state index is 0.195. The largest absolute Gasteiger partial charge is 0.480 e. The molecule has 4 nitrogen and oxygen atoms in total. The number of thiophene rings is 1. The summed E-state index contributed by atoms with van der Waals surface area (Å²) in [5.41, 5.74) is 1.91. The Labute approximate surface area is 142 Å². The Morgan fingerprint density at radius 1 is 1.25 bits per heavy atom. The normalized spacial score (nSPS) is 11.1. The Hall–Kier alpha value is -2.47. The van der Waals surface area contributed by atoms with Gasteiger partial charge in [0, 0.05) is 22.7 Å². The van der Waals surface area contributed by atoms with E-state index in [4.69, 9.17) is 5.11 Å². The third-order valence-corrected chi connectivity index (χ3v) is 4.90. The molecule has 1 N–H and O–H groups in total. The molecule has 2 heterocycles. The summed E-state index contributed by atoms with van der Waals surface area (Å²) >= 11 is 1.45. The van der Waals surface area contributed by atoms with E-state index in [1.54, 1.807) is 10.8 Å². The van der Waals surface area contributed by atoms with Crippen LogP contribution in [0.25, 0.3) is 10.2 Å². The highest BCUT2D eigenvalue weighted by Crippen LogP contribution is 2.33. The summed E-state index contributed by atoms with van der Waals surface area (Å²) in [5, 5.41) is 11.9. The number of aliphatic carboxylic acids is 1. The van der Waals surface area contributed by atoms with E-state index in [-0.39, 0.29) is 12.3 Å². The van der Waals surface area contributed by atoms with Gasteiger partial charge in [-0.05, 0) is 41.6 Å². The van der Waals surface area contributed by atoms with Crippen molar-refractivity contribution in [2.75, 3.05) is 0 Å². The zero-order valence-electron chi connectivity index (χ0n) is 13.1. The molecule has 0 aliphatic heterocycles. The SMILES string of the molecule is CCCc1csc2c1c(C(=O)c1ccc(F)cc1)cn2CC(=O)O. The first kappa shape index (κ1) is 16.4. The number of benzene rings is 1. The van der Waals surface area contributed by atoms with E-state index in [0.29, 0.717) is 11.1 Å². The number of aromatic nitrogens is 1. The lowest BCUT2D eigenvalue weighted by atomic mass is 10.0. The van der Waals surface area contributed by atoms with Gasteiger partial charge in [-0.3, -0.25) is 9.59 Å². The van der Waals surface area contributed by atoms with Gasteiger partial charge in [0.25, 0.3) is 0 Å². The summed E-state index contributed by atoms with van der Waals surface area (Å²) in [6, 6.07) is 5.40. The highest BCUT2D eigenvalue weighted by molar-refractivity contribution is 7.17. The molecule has 0 spiro atoms. The zero-order valence-corrected chi connectivity index (χ0v) is 13.9. The van der Waals surface area contributed by atoms with E-state index >= 15 is 0 Å². The van der Waals surface area contributed by atoms with E-state index in [9.17, 15) is 14.0 Å². The highest BCUT2D eigenvalue weighted by Gasteiger charge is 2.21. The minimum atomic E-state index is -0.960. The first-order chi connectivity index (χ1) is 11.5. The van der Waals surface area contributed by atoms with Crippen LogP contribution in [0.15, 0.2) is 35.8 Å². The van der Waals surface area contributed by atoms with Gasteiger partial charge in [-0.25, -0.2) is 4.39 Å². The van der Waals surface area contributed by atoms with Crippen LogP contribution in [-0.2, 0) is 17.8 Å². The standard InChI is InChI=1S/C18H16FNO3S/c1-2-3-12-10-24-18-16(12)14(8-20(18)9-15(21)22)17(23)11-4-6-13(19)7-5-11/h4-8,10H,2-3,9H2,1H3,(H,21,22). The van der Waals surface area contributed by atoms with Gasteiger partial charge in [0.1, 0.15) is 17.2 Å². The van der Waals surface area contributed by atoms with Crippen molar-refractivity contribution in [3.8, 4) is 0 Å². The third-order valence-electron chi connectivity index (χ3n) is 3.84. The van der Waals surface area contributed by atoms with E-state index < -0.39 is 11.8 Å². The molecule has 0 radical (unpaired) electrons. The van der Waals surface area contributed by atoms with Gasteiger partial charge in [0.05, 0.1) is 0 Å². The number of hydrogen-bond donors (Lipinski definition) is 1. The second-order valence-electron chi connectivity index (χ2n) is 5.59. The topological polar surface area (TPSA) is 59.3 Å². The van der Waals surface area contributed by atoms with Crippen molar-refractivity contribution in [1.82, 2.24) is 4.57 Å². The minimum Gasteiger partial charge on any atom is -0.480 e. The number of carbonyl (C=O) groups is 2. The van der Waals surface area contributed by atoms with Gasteiger partial charge in [-0.2, -0.15) is 0 Å². The number of carbonyl (C=O) groups excluding carboxylic acids is 1. The van der Waals surface area contributed by atoms with Gasteiger partial charge in [-0.15, -0.1) is 11.3 Å². The second-order valence-corrected chi connectivity index (χ2v) is 6.45. The molecule has 3 rings (SSSR count). The average Bonchev–Trinajstić information content (AvgIpc) is 3.10. The lowest BCUT2D eigenvalue weighted by Gasteiger charge is -2.01. The van der Waals surface area contributed by atoms with Gasteiger partial charge in [0.2, 0.25) is 0 Å². The summed E-state index contributed by atoms with van der Waals surface area (Å²) in [5.74, 6) is -1.58. The molecule has 3 aromatic rings. The molecular formula is C18H16FNO3S. The van der Waals surface area contributed by atoms with Crippen LogP contribution >= 0.6 is 11.3 Å². The Kier molecular flexibility index (Phi) is 4.49. The molecule has 0 saturated carbocycles. The monoisotopic (exact) mass is 345 g/mol. The Bertz CT molecular complexity index is 908. The van der Waals surface area contributed by atoms with Crippen LogP contribution in [0, 0.1) is 5.82 Å². The fourth-order valence-electron chi connectivity index (χ4n) is 2.81.